The molecule has 2 aromatic heterocycles. The van der Waals surface area contributed by atoms with Gasteiger partial charge in [-0.25, -0.2) is 13.9 Å². The summed E-state index contributed by atoms with van der Waals surface area (Å²) in [7, 11) is -0.811. The molecule has 2 bridgehead atoms. The number of carbonyl (C=O) groups excluding carboxylic acids is 1. The maximum atomic E-state index is 14.9. The van der Waals surface area contributed by atoms with E-state index >= 15 is 0 Å². The van der Waals surface area contributed by atoms with Gasteiger partial charge in [-0.05, 0) is 52.8 Å². The molecule has 34 heavy (non-hydrogen) atoms. The Bertz CT molecular complexity index is 1260. The van der Waals surface area contributed by atoms with Crippen molar-refractivity contribution >= 4 is 30.0 Å². The van der Waals surface area contributed by atoms with E-state index in [0.717, 1.165) is 0 Å². The second-order valence-corrected chi connectivity index (χ2v) is 9.61. The Kier molecular flexibility index (Phi) is 5.29. The van der Waals surface area contributed by atoms with Crippen LogP contribution in [0.4, 0.5) is 10.2 Å². The summed E-state index contributed by atoms with van der Waals surface area (Å²) in [6, 6.07) is 4.18. The van der Waals surface area contributed by atoms with Crippen LogP contribution in [-0.2, 0) is 9.31 Å². The molecule has 11 heteroatoms. The number of ether oxygens (including phenoxy) is 1. The van der Waals surface area contributed by atoms with Gasteiger partial charge in [0.1, 0.15) is 29.6 Å². The average molecular weight is 467 g/mol. The van der Waals surface area contributed by atoms with E-state index in [2.05, 4.69) is 20.7 Å². The van der Waals surface area contributed by atoms with Gasteiger partial charge in [-0.15, -0.1) is 0 Å². The van der Waals surface area contributed by atoms with E-state index in [4.69, 9.17) is 14.0 Å². The number of halogens is 1. The standard InChI is InChI=1S/C23H27BFN5O4/c1-13-15-10-14(25)11-17(24-33-22(2,3)23(4,5)34-24)19(15)32-9-7-26-21(31)16-12-27-30-8-6-18(28-13)29-20(16)30/h6,8,10-13H,7,9H2,1-5H3,(H,26,31)(H,28,29)/t13-/m1/s1. The molecule has 5 rings (SSSR count). The highest BCUT2D eigenvalue weighted by Gasteiger charge is 2.53. The molecule has 4 heterocycles. The zero-order valence-corrected chi connectivity index (χ0v) is 19.8. The minimum atomic E-state index is -0.811. The van der Waals surface area contributed by atoms with Crippen LogP contribution < -0.4 is 20.8 Å². The van der Waals surface area contributed by atoms with E-state index in [0.29, 0.717) is 33.8 Å². The van der Waals surface area contributed by atoms with Gasteiger partial charge in [0.25, 0.3) is 5.91 Å². The van der Waals surface area contributed by atoms with Crippen molar-refractivity contribution in [2.24, 2.45) is 0 Å². The van der Waals surface area contributed by atoms with Gasteiger partial charge in [-0.3, -0.25) is 4.79 Å². The van der Waals surface area contributed by atoms with Gasteiger partial charge in [0.05, 0.1) is 30.0 Å². The average Bonchev–Trinajstić information content (AvgIpc) is 3.27. The molecule has 0 saturated carbocycles. The Labute approximate surface area is 197 Å². The van der Waals surface area contributed by atoms with Crippen molar-refractivity contribution in [1.29, 1.82) is 0 Å². The first-order chi connectivity index (χ1) is 16.1. The van der Waals surface area contributed by atoms with Crippen molar-refractivity contribution in [3.63, 3.8) is 0 Å². The fraction of sp³-hybridized carbons (Fsp3) is 0.435. The number of benzene rings is 1. The van der Waals surface area contributed by atoms with E-state index in [9.17, 15) is 9.18 Å². The number of rotatable bonds is 1. The summed E-state index contributed by atoms with van der Waals surface area (Å²) in [6.07, 6.45) is 3.19. The van der Waals surface area contributed by atoms with Gasteiger partial charge < -0.3 is 24.7 Å². The maximum Gasteiger partial charge on any atom is 0.498 e. The van der Waals surface area contributed by atoms with Crippen molar-refractivity contribution < 1.29 is 23.2 Å². The fourth-order valence-electron chi connectivity index (χ4n) is 4.09. The molecule has 1 atom stereocenters. The molecule has 0 spiro atoms. The van der Waals surface area contributed by atoms with Crippen molar-refractivity contribution in [3.8, 4) is 5.75 Å². The van der Waals surface area contributed by atoms with Gasteiger partial charge in [0.15, 0.2) is 5.65 Å². The molecule has 2 aliphatic rings. The highest BCUT2D eigenvalue weighted by Crippen LogP contribution is 2.38. The Hall–Kier alpha value is -3.18. The number of anilines is 1. The lowest BCUT2D eigenvalue weighted by Gasteiger charge is -2.32. The summed E-state index contributed by atoms with van der Waals surface area (Å²) in [5.41, 5.74) is 0.636. The van der Waals surface area contributed by atoms with Crippen LogP contribution in [0, 0.1) is 5.82 Å². The number of amides is 1. The Morgan fingerprint density at radius 1 is 1.21 bits per heavy atom. The first-order valence-electron chi connectivity index (χ1n) is 11.3. The summed E-state index contributed by atoms with van der Waals surface area (Å²) < 4.78 is 34.9. The van der Waals surface area contributed by atoms with Crippen molar-refractivity contribution in [2.45, 2.75) is 51.9 Å². The number of aromatic nitrogens is 3. The highest BCUT2D eigenvalue weighted by molar-refractivity contribution is 6.63. The molecule has 2 N–H and O–H groups in total. The number of hydrogen-bond acceptors (Lipinski definition) is 7. The molecular formula is C23H27BFN5O4. The van der Waals surface area contributed by atoms with Crippen LogP contribution in [0.1, 0.15) is 56.6 Å². The number of fused-ring (bicyclic) bond motifs is 2. The molecule has 1 saturated heterocycles. The predicted octanol–water partition coefficient (Wildman–Crippen LogP) is 2.46. The summed E-state index contributed by atoms with van der Waals surface area (Å²) in [5, 5.41) is 10.3. The smallest absolute Gasteiger partial charge is 0.492 e. The van der Waals surface area contributed by atoms with Crippen LogP contribution in [0.2, 0.25) is 0 Å². The number of hydrogen-bond donors (Lipinski definition) is 2. The van der Waals surface area contributed by atoms with E-state index in [1.807, 2.05) is 34.6 Å². The minimum Gasteiger partial charge on any atom is -0.492 e. The number of carbonyl (C=O) groups is 1. The van der Waals surface area contributed by atoms with Crippen molar-refractivity contribution in [1.82, 2.24) is 19.9 Å². The van der Waals surface area contributed by atoms with E-state index in [-0.39, 0.29) is 25.1 Å². The zero-order valence-electron chi connectivity index (χ0n) is 19.8. The highest BCUT2D eigenvalue weighted by atomic mass is 19.1. The maximum absolute atomic E-state index is 14.9. The third kappa shape index (κ3) is 3.78. The van der Waals surface area contributed by atoms with Crippen LogP contribution in [0.15, 0.2) is 30.6 Å². The van der Waals surface area contributed by atoms with Crippen LogP contribution in [-0.4, -0.2) is 52.0 Å². The lowest BCUT2D eigenvalue weighted by Crippen LogP contribution is -2.41. The van der Waals surface area contributed by atoms with Gasteiger partial charge in [0, 0.05) is 17.2 Å². The Morgan fingerprint density at radius 3 is 2.68 bits per heavy atom. The predicted molar refractivity (Wildman–Crippen MR) is 125 cm³/mol. The third-order valence-electron chi connectivity index (χ3n) is 6.70. The number of nitrogens with zero attached hydrogens (tertiary/aromatic N) is 3. The monoisotopic (exact) mass is 467 g/mol. The lowest BCUT2D eigenvalue weighted by molar-refractivity contribution is 0.00578. The SMILES string of the molecule is C[C@H]1Nc2ccn3ncc(c3n2)C(=O)NCCOc2c(B3OC(C)(C)C(C)(C)O3)cc(F)cc21. The Morgan fingerprint density at radius 2 is 1.94 bits per heavy atom. The van der Waals surface area contributed by atoms with E-state index in [1.165, 1.54) is 22.8 Å². The molecule has 0 unspecified atom stereocenters. The number of nitrogens with one attached hydrogen (secondary N) is 2. The summed E-state index contributed by atoms with van der Waals surface area (Å²) >= 11 is 0. The van der Waals surface area contributed by atoms with Crippen molar-refractivity contribution in [2.75, 3.05) is 18.5 Å². The fourth-order valence-corrected chi connectivity index (χ4v) is 4.09. The van der Waals surface area contributed by atoms with Crippen LogP contribution in [0.25, 0.3) is 5.65 Å². The molecule has 0 aliphatic carbocycles. The third-order valence-corrected chi connectivity index (χ3v) is 6.70. The first kappa shape index (κ1) is 22.6. The van der Waals surface area contributed by atoms with E-state index < -0.39 is 24.1 Å². The molecule has 2 aliphatic heterocycles. The van der Waals surface area contributed by atoms with E-state index in [1.54, 1.807) is 12.3 Å². The Balaban J connectivity index is 1.58. The summed E-state index contributed by atoms with van der Waals surface area (Å²) in [6.45, 7) is 10.0. The van der Waals surface area contributed by atoms with Gasteiger partial charge in [-0.2, -0.15) is 5.10 Å². The summed E-state index contributed by atoms with van der Waals surface area (Å²) in [5.74, 6) is 0.236. The van der Waals surface area contributed by atoms with Crippen LogP contribution >= 0.6 is 0 Å². The normalized spacial score (nSPS) is 21.6. The molecule has 178 valence electrons. The van der Waals surface area contributed by atoms with Crippen molar-refractivity contribution in [3.05, 3.63) is 47.5 Å². The molecule has 9 nitrogen and oxygen atoms in total. The second kappa shape index (κ2) is 7.95. The minimum absolute atomic E-state index is 0.166. The summed E-state index contributed by atoms with van der Waals surface area (Å²) in [4.78, 5) is 17.3. The lowest BCUT2D eigenvalue weighted by atomic mass is 9.76. The molecule has 1 fully saturated rings. The molecular weight excluding hydrogens is 440 g/mol. The second-order valence-electron chi connectivity index (χ2n) is 9.61. The quantitative estimate of drug-likeness (QED) is 0.531. The van der Waals surface area contributed by atoms with Gasteiger partial charge in [0.2, 0.25) is 0 Å². The largest absolute Gasteiger partial charge is 0.498 e. The van der Waals surface area contributed by atoms with Crippen LogP contribution in [0.5, 0.6) is 5.75 Å². The zero-order chi connectivity index (χ0) is 24.3. The van der Waals surface area contributed by atoms with Gasteiger partial charge in [-0.1, -0.05) is 0 Å². The van der Waals surface area contributed by atoms with Gasteiger partial charge >= 0.3 is 7.12 Å². The molecule has 1 amide bonds. The topological polar surface area (TPSA) is 99.0 Å². The first-order valence-corrected chi connectivity index (χ1v) is 11.3. The van der Waals surface area contributed by atoms with Crippen LogP contribution in [0.3, 0.4) is 0 Å². The molecule has 1 aromatic carbocycles. The molecule has 0 radical (unpaired) electrons. The molecule has 3 aromatic rings.